The Morgan fingerprint density at radius 1 is 1.41 bits per heavy atom. The molecule has 0 radical (unpaired) electrons. The van der Waals surface area contributed by atoms with Gasteiger partial charge in [-0.15, -0.1) is 4.72 Å². The van der Waals surface area contributed by atoms with Crippen molar-refractivity contribution in [2.75, 3.05) is 14.1 Å². The molecule has 2 N–H and O–H groups in total. The van der Waals surface area contributed by atoms with Crippen LogP contribution in [0.25, 0.3) is 0 Å². The Kier molecular flexibility index (Phi) is 6.67. The quantitative estimate of drug-likeness (QED) is 0.711. The van der Waals surface area contributed by atoms with E-state index in [1.54, 1.807) is 6.20 Å². The SMILES string of the molecule is C=CN/C=C(/[C@@H](C)N[S@+]([O-])C(C)(C)C)N(C)C. The zero-order chi connectivity index (χ0) is 13.6. The minimum absolute atomic E-state index is 0.00231. The van der Waals surface area contributed by atoms with E-state index in [4.69, 9.17) is 0 Å². The first-order valence-electron chi connectivity index (χ1n) is 5.62. The fraction of sp³-hybridized carbons (Fsp3) is 0.667. The van der Waals surface area contributed by atoms with Crippen LogP contribution in [0, 0.1) is 0 Å². The Bertz CT molecular complexity index is 271. The normalized spacial score (nSPS) is 16.3. The molecule has 0 aliphatic heterocycles. The molecule has 0 aliphatic carbocycles. The number of likely N-dealkylation sites (N-methyl/N-ethyl adjacent to an activating group) is 1. The van der Waals surface area contributed by atoms with Crippen LogP contribution in [0.4, 0.5) is 0 Å². The number of rotatable bonds is 6. The van der Waals surface area contributed by atoms with Gasteiger partial charge in [0.2, 0.25) is 0 Å². The van der Waals surface area contributed by atoms with E-state index in [1.165, 1.54) is 0 Å². The van der Waals surface area contributed by atoms with Crippen LogP contribution >= 0.6 is 0 Å². The molecule has 0 unspecified atom stereocenters. The molecule has 100 valence electrons. The van der Waals surface area contributed by atoms with Crippen LogP contribution in [0.1, 0.15) is 27.7 Å². The van der Waals surface area contributed by atoms with Crippen LogP contribution in [0.3, 0.4) is 0 Å². The lowest BCUT2D eigenvalue weighted by molar-refractivity contribution is 0.448. The molecule has 2 atom stereocenters. The highest BCUT2D eigenvalue weighted by atomic mass is 32.2. The van der Waals surface area contributed by atoms with E-state index in [1.807, 2.05) is 52.9 Å². The molecule has 0 amide bonds. The van der Waals surface area contributed by atoms with Crippen molar-refractivity contribution in [3.05, 3.63) is 24.7 Å². The third kappa shape index (κ3) is 6.00. The van der Waals surface area contributed by atoms with E-state index < -0.39 is 11.4 Å². The number of hydrogen-bond acceptors (Lipinski definition) is 4. The zero-order valence-corrected chi connectivity index (χ0v) is 12.5. The van der Waals surface area contributed by atoms with Gasteiger partial charge in [0.15, 0.2) is 0 Å². The van der Waals surface area contributed by atoms with Gasteiger partial charge in [-0.3, -0.25) is 0 Å². The van der Waals surface area contributed by atoms with Crippen molar-refractivity contribution >= 4 is 11.4 Å². The Morgan fingerprint density at radius 3 is 2.29 bits per heavy atom. The molecular weight excluding hydrogens is 234 g/mol. The average Bonchev–Trinajstić information content (AvgIpc) is 2.16. The summed E-state index contributed by atoms with van der Waals surface area (Å²) >= 11 is -1.08. The summed E-state index contributed by atoms with van der Waals surface area (Å²) in [6.45, 7) is 11.4. The maximum absolute atomic E-state index is 12.0. The van der Waals surface area contributed by atoms with Crippen LogP contribution in [-0.2, 0) is 11.4 Å². The van der Waals surface area contributed by atoms with Gasteiger partial charge in [0.1, 0.15) is 4.75 Å². The third-order valence-electron chi connectivity index (χ3n) is 2.15. The molecule has 17 heavy (non-hydrogen) atoms. The van der Waals surface area contributed by atoms with Gasteiger partial charge in [0, 0.05) is 31.7 Å². The van der Waals surface area contributed by atoms with Crippen LogP contribution in [0.5, 0.6) is 0 Å². The number of hydrogen-bond donors (Lipinski definition) is 2. The summed E-state index contributed by atoms with van der Waals surface area (Å²) in [7, 11) is 3.91. The molecule has 0 aromatic rings. The highest BCUT2D eigenvalue weighted by molar-refractivity contribution is 7.90. The molecule has 0 saturated heterocycles. The van der Waals surface area contributed by atoms with E-state index in [0.29, 0.717) is 0 Å². The molecule has 0 heterocycles. The lowest BCUT2D eigenvalue weighted by atomic mass is 10.2. The second-order valence-corrected chi connectivity index (χ2v) is 7.05. The maximum Gasteiger partial charge on any atom is 0.136 e. The summed E-state index contributed by atoms with van der Waals surface area (Å²) < 4.78 is 14.8. The first kappa shape index (κ1) is 16.4. The largest absolute Gasteiger partial charge is 0.598 e. The summed E-state index contributed by atoms with van der Waals surface area (Å²) in [6, 6.07) is -0.00231. The van der Waals surface area contributed by atoms with Gasteiger partial charge >= 0.3 is 0 Å². The van der Waals surface area contributed by atoms with E-state index in [9.17, 15) is 4.55 Å². The summed E-state index contributed by atoms with van der Waals surface area (Å²) in [6.07, 6.45) is 3.46. The van der Waals surface area contributed by atoms with Crippen molar-refractivity contribution in [2.45, 2.75) is 38.5 Å². The summed E-state index contributed by atoms with van der Waals surface area (Å²) in [4.78, 5) is 1.98. The van der Waals surface area contributed by atoms with Crippen molar-refractivity contribution in [3.8, 4) is 0 Å². The van der Waals surface area contributed by atoms with Gasteiger partial charge in [-0.05, 0) is 33.9 Å². The van der Waals surface area contributed by atoms with Crippen molar-refractivity contribution in [2.24, 2.45) is 0 Å². The lowest BCUT2D eigenvalue weighted by Crippen LogP contribution is -2.46. The smallest absolute Gasteiger partial charge is 0.136 e. The topological polar surface area (TPSA) is 50.4 Å². The lowest BCUT2D eigenvalue weighted by Gasteiger charge is -2.29. The van der Waals surface area contributed by atoms with Crippen LogP contribution in [-0.4, -0.2) is 34.3 Å². The molecule has 0 fully saturated rings. The second-order valence-electron chi connectivity index (χ2n) is 5.06. The Hall–Kier alpha value is -0.650. The minimum atomic E-state index is -1.08. The average molecular weight is 259 g/mol. The van der Waals surface area contributed by atoms with Crippen molar-refractivity contribution in [3.63, 3.8) is 0 Å². The van der Waals surface area contributed by atoms with E-state index in [-0.39, 0.29) is 10.8 Å². The maximum atomic E-state index is 12.0. The van der Waals surface area contributed by atoms with Gasteiger partial charge in [0.05, 0.1) is 11.7 Å². The monoisotopic (exact) mass is 259 g/mol. The third-order valence-corrected chi connectivity index (χ3v) is 3.83. The van der Waals surface area contributed by atoms with E-state index in [0.717, 1.165) is 5.70 Å². The van der Waals surface area contributed by atoms with E-state index in [2.05, 4.69) is 16.6 Å². The molecule has 0 rings (SSSR count). The summed E-state index contributed by atoms with van der Waals surface area (Å²) in [5.41, 5.74) is 1.02. The fourth-order valence-electron chi connectivity index (χ4n) is 1.18. The Labute approximate surface area is 108 Å². The standard InChI is InChI=1S/C12H25N3OS/c1-8-13-9-11(15(6)7)10(2)14-17(16)12(3,4)5/h8-10,13-14H,1H2,2-7H3/b11-9-/t10-,17-/m1/s1. The summed E-state index contributed by atoms with van der Waals surface area (Å²) in [5, 5.41) is 2.94. The molecular formula is C12H25N3OS. The van der Waals surface area contributed by atoms with Gasteiger partial charge in [-0.25, -0.2) is 0 Å². The zero-order valence-electron chi connectivity index (χ0n) is 11.7. The highest BCUT2D eigenvalue weighted by Gasteiger charge is 2.29. The van der Waals surface area contributed by atoms with Gasteiger partial charge in [0.25, 0.3) is 0 Å². The molecule has 0 aliphatic rings. The van der Waals surface area contributed by atoms with Gasteiger partial charge in [-0.2, -0.15) is 0 Å². The second kappa shape index (κ2) is 6.93. The van der Waals surface area contributed by atoms with Crippen LogP contribution in [0.15, 0.2) is 24.7 Å². The molecule has 0 aromatic heterocycles. The molecule has 0 spiro atoms. The van der Waals surface area contributed by atoms with Crippen LogP contribution in [0.2, 0.25) is 0 Å². The summed E-state index contributed by atoms with van der Waals surface area (Å²) in [5.74, 6) is 0. The Morgan fingerprint density at radius 2 is 1.94 bits per heavy atom. The van der Waals surface area contributed by atoms with Crippen LogP contribution < -0.4 is 10.0 Å². The highest BCUT2D eigenvalue weighted by Crippen LogP contribution is 2.15. The van der Waals surface area contributed by atoms with Crippen molar-refractivity contribution in [1.29, 1.82) is 0 Å². The van der Waals surface area contributed by atoms with Crippen molar-refractivity contribution < 1.29 is 4.55 Å². The van der Waals surface area contributed by atoms with Gasteiger partial charge in [-0.1, -0.05) is 6.58 Å². The fourth-order valence-corrected chi connectivity index (χ4v) is 1.98. The predicted molar refractivity (Wildman–Crippen MR) is 75.6 cm³/mol. The number of nitrogens with one attached hydrogen (secondary N) is 2. The molecule has 0 saturated carbocycles. The van der Waals surface area contributed by atoms with E-state index >= 15 is 0 Å². The predicted octanol–water partition coefficient (Wildman–Crippen LogP) is 1.56. The van der Waals surface area contributed by atoms with Crippen molar-refractivity contribution in [1.82, 2.24) is 14.9 Å². The molecule has 4 nitrogen and oxygen atoms in total. The number of nitrogens with zero attached hydrogens (tertiary/aromatic N) is 1. The molecule has 0 bridgehead atoms. The molecule has 5 heteroatoms. The molecule has 0 aromatic carbocycles. The van der Waals surface area contributed by atoms with Gasteiger partial charge < -0.3 is 14.8 Å². The first-order valence-corrected chi connectivity index (χ1v) is 6.77. The first-order chi connectivity index (χ1) is 7.70. The Balaban J connectivity index is 4.64. The minimum Gasteiger partial charge on any atom is -0.598 e.